The van der Waals surface area contributed by atoms with Gasteiger partial charge in [-0.15, -0.1) is 11.3 Å². The van der Waals surface area contributed by atoms with Crippen LogP contribution < -0.4 is 5.32 Å². The Labute approximate surface area is 124 Å². The lowest BCUT2D eigenvalue weighted by Crippen LogP contribution is -2.28. The average molecular weight is 292 g/mol. The van der Waals surface area contributed by atoms with Crippen molar-refractivity contribution in [3.63, 3.8) is 0 Å². The molecule has 0 saturated carbocycles. The standard InChI is InChI=1S/C16H21FN2S/c1-3-19(2)9-8-18-12-13-6-7-15(17)14(11-13)16-5-4-10-20-16/h4-7,10-11,18H,3,8-9,12H2,1-2H3. The van der Waals surface area contributed by atoms with Crippen molar-refractivity contribution >= 4 is 11.3 Å². The smallest absolute Gasteiger partial charge is 0.131 e. The Morgan fingerprint density at radius 1 is 1.30 bits per heavy atom. The fourth-order valence-electron chi connectivity index (χ4n) is 1.96. The van der Waals surface area contributed by atoms with Crippen LogP contribution in [0.3, 0.4) is 0 Å². The van der Waals surface area contributed by atoms with Crippen molar-refractivity contribution in [3.8, 4) is 10.4 Å². The third-order valence-corrected chi connectivity index (χ3v) is 4.26. The van der Waals surface area contributed by atoms with Crippen molar-refractivity contribution in [1.29, 1.82) is 0 Å². The number of halogens is 1. The van der Waals surface area contributed by atoms with Crippen LogP contribution in [0, 0.1) is 5.82 Å². The van der Waals surface area contributed by atoms with E-state index in [0.29, 0.717) is 5.56 Å². The maximum atomic E-state index is 13.9. The molecule has 0 aliphatic heterocycles. The highest BCUT2D eigenvalue weighted by Crippen LogP contribution is 2.28. The largest absolute Gasteiger partial charge is 0.311 e. The van der Waals surface area contributed by atoms with E-state index in [2.05, 4.69) is 24.2 Å². The first-order valence-electron chi connectivity index (χ1n) is 6.92. The Morgan fingerprint density at radius 2 is 2.15 bits per heavy atom. The summed E-state index contributed by atoms with van der Waals surface area (Å²) < 4.78 is 13.9. The first-order chi connectivity index (χ1) is 9.70. The molecule has 1 N–H and O–H groups in total. The average Bonchev–Trinajstić information content (AvgIpc) is 2.98. The van der Waals surface area contributed by atoms with Gasteiger partial charge in [-0.25, -0.2) is 4.39 Å². The SMILES string of the molecule is CCN(C)CCNCc1ccc(F)c(-c2cccs2)c1. The Hall–Kier alpha value is -1.23. The molecule has 0 unspecified atom stereocenters. The van der Waals surface area contributed by atoms with Crippen LogP contribution in [0.4, 0.5) is 4.39 Å². The van der Waals surface area contributed by atoms with Crippen LogP contribution in [-0.4, -0.2) is 31.6 Å². The minimum atomic E-state index is -0.151. The van der Waals surface area contributed by atoms with Crippen molar-refractivity contribution in [1.82, 2.24) is 10.2 Å². The van der Waals surface area contributed by atoms with E-state index >= 15 is 0 Å². The summed E-state index contributed by atoms with van der Waals surface area (Å²) in [5.41, 5.74) is 1.82. The molecule has 1 aromatic heterocycles. The van der Waals surface area contributed by atoms with Crippen molar-refractivity contribution < 1.29 is 4.39 Å². The van der Waals surface area contributed by atoms with E-state index in [1.807, 2.05) is 29.6 Å². The molecule has 2 aromatic rings. The quantitative estimate of drug-likeness (QED) is 0.785. The van der Waals surface area contributed by atoms with E-state index in [9.17, 15) is 4.39 Å². The van der Waals surface area contributed by atoms with Crippen LogP contribution in [0.2, 0.25) is 0 Å². The molecule has 4 heteroatoms. The van der Waals surface area contributed by atoms with Gasteiger partial charge in [0.2, 0.25) is 0 Å². The highest BCUT2D eigenvalue weighted by Gasteiger charge is 2.07. The molecular weight excluding hydrogens is 271 g/mol. The molecule has 1 heterocycles. The molecule has 2 rings (SSSR count). The van der Waals surface area contributed by atoms with E-state index in [-0.39, 0.29) is 5.82 Å². The van der Waals surface area contributed by atoms with Crippen molar-refractivity contribution in [2.24, 2.45) is 0 Å². The van der Waals surface area contributed by atoms with Crippen molar-refractivity contribution in [2.45, 2.75) is 13.5 Å². The van der Waals surface area contributed by atoms with E-state index in [1.54, 1.807) is 17.4 Å². The number of thiophene rings is 1. The van der Waals surface area contributed by atoms with Crippen LogP contribution in [-0.2, 0) is 6.54 Å². The Bertz CT molecular complexity index is 525. The maximum absolute atomic E-state index is 13.9. The summed E-state index contributed by atoms with van der Waals surface area (Å²) in [5, 5.41) is 5.37. The van der Waals surface area contributed by atoms with Gasteiger partial charge < -0.3 is 10.2 Å². The van der Waals surface area contributed by atoms with Crippen molar-refractivity contribution in [2.75, 3.05) is 26.7 Å². The summed E-state index contributed by atoms with van der Waals surface area (Å²) in [6, 6.07) is 9.26. The molecule has 0 fully saturated rings. The number of nitrogens with one attached hydrogen (secondary N) is 1. The van der Waals surface area contributed by atoms with E-state index < -0.39 is 0 Å². The van der Waals surface area contributed by atoms with Gasteiger partial charge in [0.25, 0.3) is 0 Å². The Kier molecular flexibility index (Phi) is 5.71. The topological polar surface area (TPSA) is 15.3 Å². The number of benzene rings is 1. The first-order valence-corrected chi connectivity index (χ1v) is 7.80. The molecule has 108 valence electrons. The lowest BCUT2D eigenvalue weighted by atomic mass is 10.1. The van der Waals surface area contributed by atoms with E-state index in [1.165, 1.54) is 0 Å². The molecule has 0 radical (unpaired) electrons. The van der Waals surface area contributed by atoms with Gasteiger partial charge in [0.15, 0.2) is 0 Å². The number of hydrogen-bond donors (Lipinski definition) is 1. The van der Waals surface area contributed by atoms with Crippen LogP contribution >= 0.6 is 11.3 Å². The predicted molar refractivity (Wildman–Crippen MR) is 84.6 cm³/mol. The van der Waals surface area contributed by atoms with Gasteiger partial charge in [-0.2, -0.15) is 0 Å². The molecule has 0 bridgehead atoms. The number of rotatable bonds is 7. The zero-order chi connectivity index (χ0) is 14.4. The lowest BCUT2D eigenvalue weighted by molar-refractivity contribution is 0.349. The summed E-state index contributed by atoms with van der Waals surface area (Å²) >= 11 is 1.57. The normalized spacial score (nSPS) is 11.2. The fraction of sp³-hybridized carbons (Fsp3) is 0.375. The molecule has 0 atom stereocenters. The Balaban J connectivity index is 1.95. The second-order valence-electron chi connectivity index (χ2n) is 4.86. The van der Waals surface area contributed by atoms with Crippen LogP contribution in [0.5, 0.6) is 0 Å². The second-order valence-corrected chi connectivity index (χ2v) is 5.81. The van der Waals surface area contributed by atoms with E-state index in [0.717, 1.165) is 36.6 Å². The second kappa shape index (κ2) is 7.53. The first kappa shape index (κ1) is 15.2. The lowest BCUT2D eigenvalue weighted by Gasteiger charge is -2.14. The third kappa shape index (κ3) is 4.13. The molecule has 1 aromatic carbocycles. The highest BCUT2D eigenvalue weighted by atomic mass is 32.1. The van der Waals surface area contributed by atoms with Gasteiger partial charge in [0.05, 0.1) is 0 Å². The summed E-state index contributed by atoms with van der Waals surface area (Å²) in [6.45, 7) is 5.94. The van der Waals surface area contributed by atoms with Crippen LogP contribution in [0.15, 0.2) is 35.7 Å². The predicted octanol–water partition coefficient (Wildman–Crippen LogP) is 3.60. The molecule has 0 aliphatic rings. The summed E-state index contributed by atoms with van der Waals surface area (Å²) in [6.07, 6.45) is 0. The number of hydrogen-bond acceptors (Lipinski definition) is 3. The molecule has 0 saturated heterocycles. The maximum Gasteiger partial charge on any atom is 0.131 e. The zero-order valence-corrected chi connectivity index (χ0v) is 12.8. The van der Waals surface area contributed by atoms with E-state index in [4.69, 9.17) is 0 Å². The Morgan fingerprint density at radius 3 is 2.85 bits per heavy atom. The highest BCUT2D eigenvalue weighted by molar-refractivity contribution is 7.13. The van der Waals surface area contributed by atoms with Gasteiger partial charge in [0.1, 0.15) is 5.82 Å². The van der Waals surface area contributed by atoms with Gasteiger partial charge in [-0.1, -0.05) is 19.1 Å². The summed E-state index contributed by atoms with van der Waals surface area (Å²) in [7, 11) is 2.11. The molecule has 0 amide bonds. The molecule has 0 aliphatic carbocycles. The zero-order valence-electron chi connectivity index (χ0n) is 12.0. The van der Waals surface area contributed by atoms with Gasteiger partial charge >= 0.3 is 0 Å². The minimum Gasteiger partial charge on any atom is -0.311 e. The van der Waals surface area contributed by atoms with Crippen molar-refractivity contribution in [3.05, 3.63) is 47.1 Å². The summed E-state index contributed by atoms with van der Waals surface area (Å²) in [4.78, 5) is 3.24. The van der Waals surface area contributed by atoms with Crippen LogP contribution in [0.1, 0.15) is 12.5 Å². The number of nitrogens with zero attached hydrogens (tertiary/aromatic N) is 1. The molecule has 0 spiro atoms. The molecular formula is C16H21FN2S. The molecule has 20 heavy (non-hydrogen) atoms. The van der Waals surface area contributed by atoms with Crippen LogP contribution in [0.25, 0.3) is 10.4 Å². The third-order valence-electron chi connectivity index (χ3n) is 3.36. The monoisotopic (exact) mass is 292 g/mol. The fourth-order valence-corrected chi connectivity index (χ4v) is 2.71. The van der Waals surface area contributed by atoms with Gasteiger partial charge in [-0.05, 0) is 42.7 Å². The van der Waals surface area contributed by atoms with Gasteiger partial charge in [-0.3, -0.25) is 0 Å². The number of likely N-dealkylation sites (N-methyl/N-ethyl adjacent to an activating group) is 1. The summed E-state index contributed by atoms with van der Waals surface area (Å²) in [5.74, 6) is -0.151. The minimum absolute atomic E-state index is 0.151. The van der Waals surface area contributed by atoms with Gasteiger partial charge in [0, 0.05) is 30.1 Å². The molecule has 2 nitrogen and oxygen atoms in total.